The summed E-state index contributed by atoms with van der Waals surface area (Å²) in [5.74, 6) is 0.532. The van der Waals surface area contributed by atoms with Gasteiger partial charge in [-0.3, -0.25) is 4.99 Å². The van der Waals surface area contributed by atoms with Crippen molar-refractivity contribution in [3.8, 4) is 12.1 Å². The second-order valence-electron chi connectivity index (χ2n) is 1.95. The van der Waals surface area contributed by atoms with Crippen molar-refractivity contribution >= 4 is 5.84 Å². The van der Waals surface area contributed by atoms with Gasteiger partial charge in [0.15, 0.2) is 5.70 Å². The van der Waals surface area contributed by atoms with Gasteiger partial charge in [-0.1, -0.05) is 0 Å². The maximum absolute atomic E-state index is 8.52. The molecule has 5 heteroatoms. The molecule has 0 bridgehead atoms. The second-order valence-corrected chi connectivity index (χ2v) is 1.95. The Balaban J connectivity index is 4.67. The molecule has 5 nitrogen and oxygen atoms in total. The van der Waals surface area contributed by atoms with Crippen molar-refractivity contribution in [2.45, 2.75) is 6.92 Å². The molecule has 0 aromatic rings. The number of aliphatic imine (C=N–C) groups is 1. The molecule has 0 aliphatic carbocycles. The van der Waals surface area contributed by atoms with Crippen LogP contribution in [0.3, 0.4) is 0 Å². The molecule has 62 valence electrons. The van der Waals surface area contributed by atoms with Gasteiger partial charge in [-0.05, 0) is 6.92 Å². The first kappa shape index (κ1) is 9.99. The molecular weight excluding hydrogens is 154 g/mol. The number of hydrogen-bond acceptors (Lipinski definition) is 4. The van der Waals surface area contributed by atoms with Crippen LogP contribution in [0.1, 0.15) is 6.92 Å². The average molecular weight is 163 g/mol. The fourth-order valence-electron chi connectivity index (χ4n) is 0.448. The SMILES string of the molecule is CN=C(C)N/C(C#N)=C(\N)C#N. The van der Waals surface area contributed by atoms with Crippen LogP contribution in [-0.4, -0.2) is 12.9 Å². The van der Waals surface area contributed by atoms with Crippen LogP contribution in [0.2, 0.25) is 0 Å². The van der Waals surface area contributed by atoms with Crippen molar-refractivity contribution in [1.29, 1.82) is 10.5 Å². The Morgan fingerprint density at radius 1 is 1.42 bits per heavy atom. The summed E-state index contributed by atoms with van der Waals surface area (Å²) in [4.78, 5) is 3.75. The van der Waals surface area contributed by atoms with Crippen LogP contribution in [0.25, 0.3) is 0 Å². The molecule has 0 spiro atoms. The first-order valence-corrected chi connectivity index (χ1v) is 3.16. The van der Waals surface area contributed by atoms with Crippen LogP contribution in [0.15, 0.2) is 16.4 Å². The molecule has 0 aromatic heterocycles. The van der Waals surface area contributed by atoms with Gasteiger partial charge in [-0.15, -0.1) is 0 Å². The third-order valence-electron chi connectivity index (χ3n) is 1.14. The Labute approximate surface area is 70.8 Å². The molecule has 0 heterocycles. The van der Waals surface area contributed by atoms with Gasteiger partial charge < -0.3 is 11.1 Å². The Morgan fingerprint density at radius 3 is 2.33 bits per heavy atom. The van der Waals surface area contributed by atoms with Crippen molar-refractivity contribution < 1.29 is 0 Å². The van der Waals surface area contributed by atoms with E-state index in [0.29, 0.717) is 5.84 Å². The third kappa shape index (κ3) is 2.72. The molecule has 0 radical (unpaired) electrons. The number of nitrogens with zero attached hydrogens (tertiary/aromatic N) is 3. The highest BCUT2D eigenvalue weighted by Crippen LogP contribution is 1.91. The number of allylic oxidation sites excluding steroid dienone is 2. The monoisotopic (exact) mass is 163 g/mol. The molecule has 0 aliphatic heterocycles. The van der Waals surface area contributed by atoms with Gasteiger partial charge >= 0.3 is 0 Å². The van der Waals surface area contributed by atoms with Crippen molar-refractivity contribution in [3.05, 3.63) is 11.4 Å². The third-order valence-corrected chi connectivity index (χ3v) is 1.14. The summed E-state index contributed by atoms with van der Waals surface area (Å²) < 4.78 is 0. The molecular formula is C7H9N5. The zero-order valence-electron chi connectivity index (χ0n) is 6.92. The lowest BCUT2D eigenvalue weighted by atomic mass is 10.3. The zero-order valence-corrected chi connectivity index (χ0v) is 6.92. The molecule has 0 saturated carbocycles. The molecule has 0 atom stereocenters. The lowest BCUT2D eigenvalue weighted by molar-refractivity contribution is 1.11. The Morgan fingerprint density at radius 2 is 2.00 bits per heavy atom. The Bertz CT molecular complexity index is 299. The molecule has 12 heavy (non-hydrogen) atoms. The highest BCUT2D eigenvalue weighted by molar-refractivity contribution is 5.82. The van der Waals surface area contributed by atoms with Gasteiger partial charge in [0, 0.05) is 7.05 Å². The van der Waals surface area contributed by atoms with Crippen molar-refractivity contribution in [1.82, 2.24) is 5.32 Å². The lowest BCUT2D eigenvalue weighted by Gasteiger charge is -2.01. The minimum Gasteiger partial charge on any atom is -0.388 e. The second kappa shape index (κ2) is 4.75. The number of rotatable bonds is 1. The van der Waals surface area contributed by atoms with Crippen LogP contribution >= 0.6 is 0 Å². The predicted molar refractivity (Wildman–Crippen MR) is 44.6 cm³/mol. The topological polar surface area (TPSA) is 98.0 Å². The van der Waals surface area contributed by atoms with E-state index < -0.39 is 0 Å². The minimum absolute atomic E-state index is 0.0283. The van der Waals surface area contributed by atoms with E-state index in [0.717, 1.165) is 0 Å². The molecule has 3 N–H and O–H groups in total. The van der Waals surface area contributed by atoms with E-state index in [2.05, 4.69) is 10.3 Å². The number of amidine groups is 1. The first-order valence-electron chi connectivity index (χ1n) is 3.16. The number of nitrogens with one attached hydrogen (secondary N) is 1. The summed E-state index contributed by atoms with van der Waals surface area (Å²) >= 11 is 0. The van der Waals surface area contributed by atoms with Crippen LogP contribution in [0.5, 0.6) is 0 Å². The standard InChI is InChI=1S/C7H9N5/c1-5(11-2)12-7(4-9)6(10)3-8/h10H2,1-2H3,(H,11,12)/b7-6-. The molecule has 0 rings (SSSR count). The quantitative estimate of drug-likeness (QED) is 0.319. The van der Waals surface area contributed by atoms with Gasteiger partial charge in [-0.25, -0.2) is 0 Å². The molecule has 0 saturated heterocycles. The van der Waals surface area contributed by atoms with E-state index in [1.165, 1.54) is 0 Å². The number of nitrogens with two attached hydrogens (primary N) is 1. The molecule has 0 aliphatic rings. The van der Waals surface area contributed by atoms with Gasteiger partial charge in [0.05, 0.1) is 5.84 Å². The van der Waals surface area contributed by atoms with Crippen LogP contribution in [0.4, 0.5) is 0 Å². The lowest BCUT2D eigenvalue weighted by Crippen LogP contribution is -2.22. The number of nitriles is 2. The zero-order chi connectivity index (χ0) is 9.56. The van der Waals surface area contributed by atoms with Crippen molar-refractivity contribution in [3.63, 3.8) is 0 Å². The summed E-state index contributed by atoms with van der Waals surface area (Å²) in [5, 5.41) is 19.5. The van der Waals surface area contributed by atoms with Crippen molar-refractivity contribution in [2.75, 3.05) is 7.05 Å². The summed E-state index contributed by atoms with van der Waals surface area (Å²) in [7, 11) is 1.57. The highest BCUT2D eigenvalue weighted by atomic mass is 15.0. The summed E-state index contributed by atoms with van der Waals surface area (Å²) in [6, 6.07) is 3.42. The molecule has 0 unspecified atom stereocenters. The van der Waals surface area contributed by atoms with E-state index in [1.807, 2.05) is 0 Å². The minimum atomic E-state index is -0.138. The predicted octanol–water partition coefficient (Wildman–Crippen LogP) is -0.158. The Hall–Kier alpha value is -2.01. The van der Waals surface area contributed by atoms with Gasteiger partial charge in [0.2, 0.25) is 0 Å². The maximum Gasteiger partial charge on any atom is 0.153 e. The van der Waals surface area contributed by atoms with Gasteiger partial charge in [-0.2, -0.15) is 10.5 Å². The van der Waals surface area contributed by atoms with Crippen LogP contribution in [0, 0.1) is 22.7 Å². The molecule has 0 aromatic carbocycles. The first-order chi connectivity index (χ1) is 5.65. The van der Waals surface area contributed by atoms with Crippen molar-refractivity contribution in [2.24, 2.45) is 10.7 Å². The highest BCUT2D eigenvalue weighted by Gasteiger charge is 2.01. The fraction of sp³-hybridized carbons (Fsp3) is 0.286. The summed E-state index contributed by atoms with van der Waals surface area (Å²) in [6.45, 7) is 1.67. The average Bonchev–Trinajstić information content (AvgIpc) is 2.12. The smallest absolute Gasteiger partial charge is 0.153 e. The van der Waals surface area contributed by atoms with Crippen LogP contribution < -0.4 is 11.1 Å². The normalized spacial score (nSPS) is 12.5. The van der Waals surface area contributed by atoms with E-state index >= 15 is 0 Å². The summed E-state index contributed by atoms with van der Waals surface area (Å²) in [5.41, 5.74) is 5.10. The Kier molecular flexibility index (Phi) is 3.96. The van der Waals surface area contributed by atoms with E-state index in [-0.39, 0.29) is 11.4 Å². The largest absolute Gasteiger partial charge is 0.388 e. The fourth-order valence-corrected chi connectivity index (χ4v) is 0.448. The van der Waals surface area contributed by atoms with Gasteiger partial charge in [0.1, 0.15) is 17.8 Å². The maximum atomic E-state index is 8.52. The molecule has 0 amide bonds. The number of hydrogen-bond donors (Lipinski definition) is 2. The molecule has 0 fully saturated rings. The van der Waals surface area contributed by atoms with Gasteiger partial charge in [0.25, 0.3) is 0 Å². The van der Waals surface area contributed by atoms with Crippen LogP contribution in [-0.2, 0) is 0 Å². The van der Waals surface area contributed by atoms with E-state index in [1.54, 1.807) is 26.1 Å². The summed E-state index contributed by atoms with van der Waals surface area (Å²) in [6.07, 6.45) is 0. The van der Waals surface area contributed by atoms with E-state index in [9.17, 15) is 0 Å². The van der Waals surface area contributed by atoms with E-state index in [4.69, 9.17) is 16.3 Å².